The lowest BCUT2D eigenvalue weighted by Crippen LogP contribution is -2.54. The minimum absolute atomic E-state index is 0.0435. The lowest BCUT2D eigenvalue weighted by molar-refractivity contribution is -0.294. The second-order valence-electron chi connectivity index (χ2n) is 3.50. The average molecular weight is 224 g/mol. The molecule has 0 aliphatic carbocycles. The van der Waals surface area contributed by atoms with Crippen molar-refractivity contribution in [2.24, 2.45) is 0 Å². The van der Waals surface area contributed by atoms with Crippen LogP contribution in [-0.4, -0.2) is 35.5 Å². The average Bonchev–Trinajstić information content (AvgIpc) is 2.10. The molecule has 1 aliphatic heterocycles. The van der Waals surface area contributed by atoms with E-state index in [0.717, 1.165) is 6.92 Å². The summed E-state index contributed by atoms with van der Waals surface area (Å²) in [6, 6.07) is 0. The first kappa shape index (κ1) is 12.3. The topological polar surface area (TPSA) is 55.8 Å². The fourth-order valence-electron chi connectivity index (χ4n) is 1.58. The molecule has 1 heterocycles. The molecule has 0 bridgehead atoms. The molecule has 1 aliphatic rings. The first-order chi connectivity index (χ1) is 6.87. The number of rotatable bonds is 2. The molecule has 0 aromatic rings. The van der Waals surface area contributed by atoms with Gasteiger partial charge in [0.25, 0.3) is 0 Å². The van der Waals surface area contributed by atoms with Crippen molar-refractivity contribution in [3.8, 4) is 0 Å². The first-order valence-electron chi connectivity index (χ1n) is 4.76. The van der Waals surface area contributed by atoms with E-state index in [4.69, 9.17) is 0 Å². The van der Waals surface area contributed by atoms with Crippen molar-refractivity contribution in [3.05, 3.63) is 0 Å². The van der Waals surface area contributed by atoms with Crippen LogP contribution in [0.15, 0.2) is 0 Å². The molecule has 1 fully saturated rings. The molecule has 0 aromatic heterocycles. The summed E-state index contributed by atoms with van der Waals surface area (Å²) in [5.41, 5.74) is 0. The Morgan fingerprint density at radius 3 is 2.73 bits per heavy atom. The van der Waals surface area contributed by atoms with Crippen LogP contribution in [0.1, 0.15) is 26.7 Å². The largest absolute Gasteiger partial charge is 0.456 e. The van der Waals surface area contributed by atoms with Gasteiger partial charge in [0.05, 0.1) is 0 Å². The number of carbonyl (C=O) groups is 1. The third kappa shape index (κ3) is 2.63. The monoisotopic (exact) mass is 224 g/mol. The zero-order valence-corrected chi connectivity index (χ0v) is 8.57. The van der Waals surface area contributed by atoms with Crippen molar-refractivity contribution >= 4 is 5.97 Å². The van der Waals surface area contributed by atoms with Crippen molar-refractivity contribution in [3.63, 3.8) is 0 Å². The molecule has 1 saturated heterocycles. The molecule has 0 radical (unpaired) electrons. The normalized spacial score (nSPS) is 34.9. The molecule has 88 valence electrons. The summed E-state index contributed by atoms with van der Waals surface area (Å²) in [6.07, 6.45) is -4.68. The van der Waals surface area contributed by atoms with E-state index in [2.05, 4.69) is 9.47 Å². The Morgan fingerprint density at radius 2 is 2.27 bits per heavy atom. The third-order valence-electron chi connectivity index (χ3n) is 2.27. The number of halogens is 2. The van der Waals surface area contributed by atoms with Crippen LogP contribution in [0.25, 0.3) is 0 Å². The summed E-state index contributed by atoms with van der Waals surface area (Å²) in [5.74, 6) is -4.04. The van der Waals surface area contributed by atoms with Crippen LogP contribution < -0.4 is 0 Å². The van der Waals surface area contributed by atoms with Crippen molar-refractivity contribution in [2.45, 2.75) is 51.1 Å². The number of carbonyl (C=O) groups excluding carboxylic acids is 1. The van der Waals surface area contributed by atoms with Gasteiger partial charge in [-0.25, -0.2) is 0 Å². The fraction of sp³-hybridized carbons (Fsp3) is 0.889. The van der Waals surface area contributed by atoms with Gasteiger partial charge in [0, 0.05) is 13.3 Å². The predicted octanol–water partition coefficient (Wildman–Crippen LogP) is 1.07. The van der Waals surface area contributed by atoms with E-state index in [-0.39, 0.29) is 6.42 Å². The zero-order valence-electron chi connectivity index (χ0n) is 8.57. The SMILES string of the molecule is CC[C@H]1O[C@H](O)C[C@@H](OC(C)=O)C1(F)F. The number of hydrogen-bond acceptors (Lipinski definition) is 4. The van der Waals surface area contributed by atoms with Crippen molar-refractivity contribution in [1.29, 1.82) is 0 Å². The Hall–Kier alpha value is -0.750. The highest BCUT2D eigenvalue weighted by atomic mass is 19.3. The molecule has 1 rings (SSSR count). The van der Waals surface area contributed by atoms with Crippen LogP contribution in [0.5, 0.6) is 0 Å². The summed E-state index contributed by atoms with van der Waals surface area (Å²) in [5, 5.41) is 9.18. The maximum atomic E-state index is 13.6. The van der Waals surface area contributed by atoms with Gasteiger partial charge < -0.3 is 14.6 Å². The standard InChI is InChI=1S/C9H14F2O4/c1-3-6-9(10,11)7(14-5(2)12)4-8(13)15-6/h6-8,13H,3-4H2,1-2H3/t6-,7-,8+/m1/s1. The summed E-state index contributed by atoms with van der Waals surface area (Å²) in [7, 11) is 0. The number of aliphatic hydroxyl groups is 1. The molecule has 0 saturated carbocycles. The van der Waals surface area contributed by atoms with Crippen LogP contribution >= 0.6 is 0 Å². The van der Waals surface area contributed by atoms with Crippen molar-refractivity contribution in [2.75, 3.05) is 0 Å². The van der Waals surface area contributed by atoms with Gasteiger partial charge in [-0.3, -0.25) is 4.79 Å². The van der Waals surface area contributed by atoms with Crippen LogP contribution in [0.4, 0.5) is 8.78 Å². The minimum Gasteiger partial charge on any atom is -0.456 e. The van der Waals surface area contributed by atoms with Crippen LogP contribution in [0.2, 0.25) is 0 Å². The first-order valence-corrected chi connectivity index (χ1v) is 4.76. The molecule has 3 atom stereocenters. The molecule has 6 heteroatoms. The fourth-order valence-corrected chi connectivity index (χ4v) is 1.58. The number of alkyl halides is 2. The molecular formula is C9H14F2O4. The highest BCUT2D eigenvalue weighted by Crippen LogP contribution is 2.37. The van der Waals surface area contributed by atoms with Gasteiger partial charge in [-0.15, -0.1) is 0 Å². The summed E-state index contributed by atoms with van der Waals surface area (Å²) >= 11 is 0. The molecule has 4 nitrogen and oxygen atoms in total. The second kappa shape index (κ2) is 4.40. The summed E-state index contributed by atoms with van der Waals surface area (Å²) in [6.45, 7) is 2.57. The van der Waals surface area contributed by atoms with Gasteiger partial charge in [-0.2, -0.15) is 8.78 Å². The lowest BCUT2D eigenvalue weighted by atomic mass is 9.98. The van der Waals surface area contributed by atoms with Crippen LogP contribution in [-0.2, 0) is 14.3 Å². The number of aliphatic hydroxyl groups excluding tert-OH is 1. The minimum atomic E-state index is -3.25. The zero-order chi connectivity index (χ0) is 11.6. The maximum absolute atomic E-state index is 13.6. The van der Waals surface area contributed by atoms with Gasteiger partial charge >= 0.3 is 11.9 Å². The van der Waals surface area contributed by atoms with Crippen molar-refractivity contribution < 1.29 is 28.2 Å². The smallest absolute Gasteiger partial charge is 0.309 e. The van der Waals surface area contributed by atoms with Gasteiger partial charge in [0.2, 0.25) is 0 Å². The summed E-state index contributed by atoms with van der Waals surface area (Å²) in [4.78, 5) is 10.6. The van der Waals surface area contributed by atoms with Crippen LogP contribution in [0.3, 0.4) is 0 Å². The van der Waals surface area contributed by atoms with E-state index in [1.165, 1.54) is 6.92 Å². The third-order valence-corrected chi connectivity index (χ3v) is 2.27. The molecule has 0 aromatic carbocycles. The van der Waals surface area contributed by atoms with E-state index in [0.29, 0.717) is 0 Å². The Morgan fingerprint density at radius 1 is 1.67 bits per heavy atom. The van der Waals surface area contributed by atoms with E-state index < -0.39 is 36.8 Å². The second-order valence-corrected chi connectivity index (χ2v) is 3.50. The van der Waals surface area contributed by atoms with Crippen LogP contribution in [0, 0.1) is 0 Å². The molecule has 1 N–H and O–H groups in total. The van der Waals surface area contributed by atoms with Gasteiger partial charge in [-0.1, -0.05) is 6.92 Å². The lowest BCUT2D eigenvalue weighted by Gasteiger charge is -2.38. The van der Waals surface area contributed by atoms with E-state index >= 15 is 0 Å². The Kier molecular flexibility index (Phi) is 3.62. The van der Waals surface area contributed by atoms with Gasteiger partial charge in [0.15, 0.2) is 12.4 Å². The van der Waals surface area contributed by atoms with Gasteiger partial charge in [-0.05, 0) is 6.42 Å². The molecular weight excluding hydrogens is 210 g/mol. The molecule has 0 amide bonds. The Balaban J connectivity index is 2.78. The van der Waals surface area contributed by atoms with Gasteiger partial charge in [0.1, 0.15) is 6.10 Å². The molecule has 15 heavy (non-hydrogen) atoms. The molecule has 0 spiro atoms. The number of ether oxygens (including phenoxy) is 2. The highest BCUT2D eigenvalue weighted by Gasteiger charge is 2.54. The molecule has 0 unspecified atom stereocenters. The van der Waals surface area contributed by atoms with E-state index in [1.54, 1.807) is 0 Å². The number of hydrogen-bond donors (Lipinski definition) is 1. The van der Waals surface area contributed by atoms with E-state index in [1.807, 2.05) is 0 Å². The van der Waals surface area contributed by atoms with E-state index in [9.17, 15) is 18.7 Å². The Bertz CT molecular complexity index is 244. The highest BCUT2D eigenvalue weighted by molar-refractivity contribution is 5.66. The quantitative estimate of drug-likeness (QED) is 0.713. The van der Waals surface area contributed by atoms with Crippen molar-refractivity contribution in [1.82, 2.24) is 0 Å². The number of esters is 1. The predicted molar refractivity (Wildman–Crippen MR) is 46.3 cm³/mol. The summed E-state index contributed by atoms with van der Waals surface area (Å²) < 4.78 is 36.3. The Labute approximate surface area is 86.2 Å². The maximum Gasteiger partial charge on any atom is 0.309 e.